The summed E-state index contributed by atoms with van der Waals surface area (Å²) >= 11 is 0. The van der Waals surface area contributed by atoms with Crippen LogP contribution in [0.3, 0.4) is 0 Å². The van der Waals surface area contributed by atoms with Crippen molar-refractivity contribution >= 4 is 21.9 Å². The molecule has 0 radical (unpaired) electrons. The summed E-state index contributed by atoms with van der Waals surface area (Å²) in [7, 11) is 0. The third-order valence-corrected chi connectivity index (χ3v) is 6.32. The first-order valence-corrected chi connectivity index (χ1v) is 10.6. The standard InChI is InChI=1S/C26H27NO/c1-17(2)19-13-14-27-24(16-19)22-10-6-9-21-23-15-20(18-7-4-3-5-8-18)11-12-25(23)28-26(21)22/h6,9-18H,3-5,7-8H2,1-2H3. The van der Waals surface area contributed by atoms with E-state index in [2.05, 4.69) is 67.4 Å². The molecule has 0 aliphatic heterocycles. The third-order valence-electron chi connectivity index (χ3n) is 6.32. The molecule has 0 amide bonds. The first kappa shape index (κ1) is 17.5. The minimum atomic E-state index is 0.481. The monoisotopic (exact) mass is 369 g/mol. The zero-order valence-corrected chi connectivity index (χ0v) is 16.7. The fourth-order valence-electron chi connectivity index (χ4n) is 4.66. The number of benzene rings is 2. The number of fused-ring (bicyclic) bond motifs is 3. The van der Waals surface area contributed by atoms with Gasteiger partial charge in [-0.05, 0) is 66.1 Å². The van der Waals surface area contributed by atoms with Crippen LogP contribution < -0.4 is 0 Å². The molecule has 0 saturated heterocycles. The number of aromatic nitrogens is 1. The van der Waals surface area contributed by atoms with Gasteiger partial charge in [-0.3, -0.25) is 4.98 Å². The van der Waals surface area contributed by atoms with Crippen LogP contribution in [0.15, 0.2) is 59.1 Å². The van der Waals surface area contributed by atoms with Crippen molar-refractivity contribution in [1.82, 2.24) is 4.98 Å². The summed E-state index contributed by atoms with van der Waals surface area (Å²) in [5.74, 6) is 1.19. The Morgan fingerprint density at radius 2 is 1.79 bits per heavy atom. The van der Waals surface area contributed by atoms with Crippen LogP contribution in [-0.4, -0.2) is 4.98 Å². The molecule has 2 nitrogen and oxygen atoms in total. The molecule has 0 bridgehead atoms. The van der Waals surface area contributed by atoms with Crippen molar-refractivity contribution in [3.05, 3.63) is 65.9 Å². The fourth-order valence-corrected chi connectivity index (χ4v) is 4.66. The molecule has 28 heavy (non-hydrogen) atoms. The van der Waals surface area contributed by atoms with Crippen LogP contribution in [0.2, 0.25) is 0 Å². The Balaban J connectivity index is 1.65. The van der Waals surface area contributed by atoms with Gasteiger partial charge in [0.15, 0.2) is 0 Å². The molecule has 0 atom stereocenters. The van der Waals surface area contributed by atoms with Gasteiger partial charge in [-0.2, -0.15) is 0 Å². The van der Waals surface area contributed by atoms with E-state index in [4.69, 9.17) is 4.42 Å². The van der Waals surface area contributed by atoms with E-state index < -0.39 is 0 Å². The Hall–Kier alpha value is -2.61. The number of furan rings is 1. The number of para-hydroxylation sites is 1. The van der Waals surface area contributed by atoms with E-state index in [0.29, 0.717) is 11.8 Å². The van der Waals surface area contributed by atoms with E-state index in [9.17, 15) is 0 Å². The van der Waals surface area contributed by atoms with Crippen molar-refractivity contribution in [2.75, 3.05) is 0 Å². The maximum atomic E-state index is 6.34. The number of hydrogen-bond acceptors (Lipinski definition) is 2. The number of hydrogen-bond donors (Lipinski definition) is 0. The van der Waals surface area contributed by atoms with Crippen molar-refractivity contribution in [3.8, 4) is 11.3 Å². The second-order valence-electron chi connectivity index (χ2n) is 8.50. The summed E-state index contributed by atoms with van der Waals surface area (Å²) in [6.07, 6.45) is 8.65. The molecule has 4 aromatic rings. The quantitative estimate of drug-likeness (QED) is 0.368. The lowest BCUT2D eigenvalue weighted by Gasteiger charge is -2.21. The molecule has 0 N–H and O–H groups in total. The smallest absolute Gasteiger partial charge is 0.144 e. The Kier molecular flexibility index (Phi) is 4.43. The molecular weight excluding hydrogens is 342 g/mol. The predicted molar refractivity (Wildman–Crippen MR) is 117 cm³/mol. The summed E-state index contributed by atoms with van der Waals surface area (Å²) in [5.41, 5.74) is 6.77. The number of nitrogens with zero attached hydrogens (tertiary/aromatic N) is 1. The lowest BCUT2D eigenvalue weighted by atomic mass is 9.84. The number of rotatable bonds is 3. The minimum absolute atomic E-state index is 0.481. The Morgan fingerprint density at radius 1 is 0.929 bits per heavy atom. The summed E-state index contributed by atoms with van der Waals surface area (Å²) in [6.45, 7) is 4.43. The zero-order chi connectivity index (χ0) is 19.1. The van der Waals surface area contributed by atoms with Gasteiger partial charge in [-0.25, -0.2) is 0 Å². The molecule has 0 spiro atoms. The number of pyridine rings is 1. The van der Waals surface area contributed by atoms with Crippen LogP contribution in [-0.2, 0) is 0 Å². The SMILES string of the molecule is CC(C)c1ccnc(-c2cccc3c2oc2ccc(C4CCCCC4)cc23)c1. The summed E-state index contributed by atoms with van der Waals surface area (Å²) in [5, 5.41) is 2.43. The molecule has 1 fully saturated rings. The average molecular weight is 370 g/mol. The molecule has 2 aromatic carbocycles. The molecule has 2 heteroatoms. The van der Waals surface area contributed by atoms with Crippen LogP contribution >= 0.6 is 0 Å². The molecule has 0 unspecified atom stereocenters. The van der Waals surface area contributed by atoms with Crippen molar-refractivity contribution in [2.24, 2.45) is 0 Å². The van der Waals surface area contributed by atoms with Crippen LogP contribution in [0.25, 0.3) is 33.2 Å². The second kappa shape index (κ2) is 7.09. The molecule has 2 aromatic heterocycles. The summed E-state index contributed by atoms with van der Waals surface area (Å²) in [6, 6.07) is 17.5. The topological polar surface area (TPSA) is 26.0 Å². The first-order valence-electron chi connectivity index (χ1n) is 10.6. The average Bonchev–Trinajstić information content (AvgIpc) is 3.12. The maximum Gasteiger partial charge on any atom is 0.144 e. The summed E-state index contributed by atoms with van der Waals surface area (Å²) < 4.78 is 6.34. The lowest BCUT2D eigenvalue weighted by Crippen LogP contribution is -2.03. The summed E-state index contributed by atoms with van der Waals surface area (Å²) in [4.78, 5) is 4.64. The zero-order valence-electron chi connectivity index (χ0n) is 16.7. The second-order valence-corrected chi connectivity index (χ2v) is 8.50. The van der Waals surface area contributed by atoms with Gasteiger partial charge in [0, 0.05) is 22.5 Å². The highest BCUT2D eigenvalue weighted by Crippen LogP contribution is 2.39. The first-order chi connectivity index (χ1) is 13.7. The minimum Gasteiger partial charge on any atom is -0.455 e. The highest BCUT2D eigenvalue weighted by Gasteiger charge is 2.18. The molecular formula is C26H27NO. The predicted octanol–water partition coefficient (Wildman–Crippen LogP) is 7.82. The Morgan fingerprint density at radius 3 is 2.61 bits per heavy atom. The van der Waals surface area contributed by atoms with Gasteiger partial charge in [0.1, 0.15) is 11.2 Å². The van der Waals surface area contributed by atoms with Gasteiger partial charge in [-0.1, -0.05) is 51.3 Å². The van der Waals surface area contributed by atoms with Gasteiger partial charge in [0.25, 0.3) is 0 Å². The van der Waals surface area contributed by atoms with Crippen LogP contribution in [0.5, 0.6) is 0 Å². The molecule has 2 heterocycles. The van der Waals surface area contributed by atoms with E-state index in [-0.39, 0.29) is 0 Å². The Bertz CT molecular complexity index is 1130. The van der Waals surface area contributed by atoms with E-state index in [0.717, 1.165) is 22.4 Å². The lowest BCUT2D eigenvalue weighted by molar-refractivity contribution is 0.444. The van der Waals surface area contributed by atoms with E-state index >= 15 is 0 Å². The molecule has 1 saturated carbocycles. The Labute approximate surface area is 166 Å². The third kappa shape index (κ3) is 3.01. The molecule has 1 aliphatic carbocycles. The molecule has 5 rings (SSSR count). The van der Waals surface area contributed by atoms with Crippen LogP contribution in [0.1, 0.15) is 68.9 Å². The van der Waals surface area contributed by atoms with Crippen LogP contribution in [0, 0.1) is 0 Å². The van der Waals surface area contributed by atoms with E-state index in [1.807, 2.05) is 6.20 Å². The van der Waals surface area contributed by atoms with Gasteiger partial charge in [0.2, 0.25) is 0 Å². The molecule has 1 aliphatic rings. The van der Waals surface area contributed by atoms with Crippen molar-refractivity contribution in [2.45, 2.75) is 57.8 Å². The van der Waals surface area contributed by atoms with Crippen molar-refractivity contribution in [3.63, 3.8) is 0 Å². The van der Waals surface area contributed by atoms with Gasteiger partial charge in [-0.15, -0.1) is 0 Å². The van der Waals surface area contributed by atoms with Crippen molar-refractivity contribution < 1.29 is 4.42 Å². The molecule has 142 valence electrons. The van der Waals surface area contributed by atoms with E-state index in [1.54, 1.807) is 0 Å². The van der Waals surface area contributed by atoms with Crippen LogP contribution in [0.4, 0.5) is 0 Å². The maximum absolute atomic E-state index is 6.34. The van der Waals surface area contributed by atoms with Gasteiger partial charge < -0.3 is 4.42 Å². The van der Waals surface area contributed by atoms with E-state index in [1.165, 1.54) is 54.0 Å². The fraction of sp³-hybridized carbons (Fsp3) is 0.346. The highest BCUT2D eigenvalue weighted by atomic mass is 16.3. The largest absolute Gasteiger partial charge is 0.455 e. The van der Waals surface area contributed by atoms with Gasteiger partial charge >= 0.3 is 0 Å². The van der Waals surface area contributed by atoms with Gasteiger partial charge in [0.05, 0.1) is 5.69 Å². The highest BCUT2D eigenvalue weighted by molar-refractivity contribution is 6.09. The van der Waals surface area contributed by atoms with Crippen molar-refractivity contribution in [1.29, 1.82) is 0 Å². The normalized spacial score (nSPS) is 15.7.